The van der Waals surface area contributed by atoms with E-state index in [-0.39, 0.29) is 5.97 Å². The molecule has 0 atom stereocenters. The number of rotatable bonds is 5. The lowest BCUT2D eigenvalue weighted by atomic mass is 10.3. The lowest BCUT2D eigenvalue weighted by Gasteiger charge is -2.19. The molecule has 0 N–H and O–H groups in total. The van der Waals surface area contributed by atoms with E-state index < -0.39 is 0 Å². The molecular weight excluding hydrogens is 222 g/mol. The molecule has 0 aliphatic rings. The molecule has 5 nitrogen and oxygen atoms in total. The Hall–Kier alpha value is -1.91. The molecule has 0 heterocycles. The third kappa shape index (κ3) is 3.55. The fourth-order valence-electron chi connectivity index (χ4n) is 1.24. The molecule has 94 valence electrons. The Morgan fingerprint density at radius 2 is 1.71 bits per heavy atom. The van der Waals surface area contributed by atoms with Crippen LogP contribution in [0.15, 0.2) is 18.2 Å². The maximum atomic E-state index is 11.2. The Morgan fingerprint density at radius 3 is 2.12 bits per heavy atom. The monoisotopic (exact) mass is 239 g/mol. The zero-order valence-corrected chi connectivity index (χ0v) is 10.5. The zero-order valence-electron chi connectivity index (χ0n) is 10.5. The van der Waals surface area contributed by atoms with Gasteiger partial charge in [0.2, 0.25) is 0 Å². The highest BCUT2D eigenvalue weighted by Crippen LogP contribution is 2.27. The van der Waals surface area contributed by atoms with E-state index in [1.54, 1.807) is 46.4 Å². The van der Waals surface area contributed by atoms with Gasteiger partial charge in [-0.25, -0.2) is 9.86 Å². The van der Waals surface area contributed by atoms with Crippen LogP contribution in [0.1, 0.15) is 13.3 Å². The van der Waals surface area contributed by atoms with Crippen LogP contribution in [0.25, 0.3) is 0 Å². The first-order valence-electron chi connectivity index (χ1n) is 5.28. The number of ether oxygens (including phenoxy) is 2. The van der Waals surface area contributed by atoms with E-state index in [0.29, 0.717) is 23.6 Å². The smallest absolute Gasteiger partial charge is 0.332 e. The van der Waals surface area contributed by atoms with Gasteiger partial charge in [0.25, 0.3) is 0 Å². The van der Waals surface area contributed by atoms with Crippen molar-refractivity contribution in [3.8, 4) is 11.5 Å². The molecule has 5 heteroatoms. The van der Waals surface area contributed by atoms with E-state index in [9.17, 15) is 4.79 Å². The van der Waals surface area contributed by atoms with Gasteiger partial charge in [-0.15, -0.1) is 0 Å². The highest BCUT2D eigenvalue weighted by Gasteiger charge is 2.09. The van der Waals surface area contributed by atoms with E-state index in [2.05, 4.69) is 0 Å². The van der Waals surface area contributed by atoms with Gasteiger partial charge in [0.1, 0.15) is 11.5 Å². The summed E-state index contributed by atoms with van der Waals surface area (Å²) < 4.78 is 10.3. The van der Waals surface area contributed by atoms with Crippen molar-refractivity contribution in [2.24, 2.45) is 0 Å². The zero-order chi connectivity index (χ0) is 12.8. The Morgan fingerprint density at radius 1 is 1.18 bits per heavy atom. The highest BCUT2D eigenvalue weighted by molar-refractivity contribution is 5.70. The molecule has 0 spiro atoms. The fourth-order valence-corrected chi connectivity index (χ4v) is 1.24. The van der Waals surface area contributed by atoms with E-state index >= 15 is 0 Å². The molecule has 0 aliphatic heterocycles. The van der Waals surface area contributed by atoms with Gasteiger partial charge in [-0.3, -0.25) is 0 Å². The summed E-state index contributed by atoms with van der Waals surface area (Å²) in [4.78, 5) is 16.2. The number of hydrogen-bond donors (Lipinski definition) is 0. The van der Waals surface area contributed by atoms with Gasteiger partial charge in [0.05, 0.1) is 19.9 Å². The van der Waals surface area contributed by atoms with Crippen LogP contribution in [-0.2, 0) is 9.63 Å². The largest absolute Gasteiger partial charge is 0.497 e. The summed E-state index contributed by atoms with van der Waals surface area (Å²) >= 11 is 0. The standard InChI is InChI=1S/C12H17NO4/c1-5-12(14)17-13(2)9-6-10(15-3)8-11(7-9)16-4/h6-8H,5H2,1-4H3. The van der Waals surface area contributed by atoms with Crippen LogP contribution < -0.4 is 14.5 Å². The maximum absolute atomic E-state index is 11.2. The van der Waals surface area contributed by atoms with Gasteiger partial charge in [0.15, 0.2) is 0 Å². The lowest BCUT2D eigenvalue weighted by molar-refractivity contribution is -0.144. The first kappa shape index (κ1) is 13.2. The normalized spacial score (nSPS) is 9.65. The maximum Gasteiger partial charge on any atom is 0.332 e. The minimum Gasteiger partial charge on any atom is -0.497 e. The summed E-state index contributed by atoms with van der Waals surface area (Å²) in [6, 6.07) is 5.26. The Labute approximate surface area is 101 Å². The second kappa shape index (κ2) is 5.98. The van der Waals surface area contributed by atoms with E-state index in [4.69, 9.17) is 14.3 Å². The van der Waals surface area contributed by atoms with Gasteiger partial charge >= 0.3 is 5.97 Å². The lowest BCUT2D eigenvalue weighted by Crippen LogP contribution is -2.22. The van der Waals surface area contributed by atoms with Crippen LogP contribution in [0.3, 0.4) is 0 Å². The van der Waals surface area contributed by atoms with Gasteiger partial charge < -0.3 is 14.3 Å². The molecule has 1 rings (SSSR count). The third-order valence-corrected chi connectivity index (χ3v) is 2.23. The van der Waals surface area contributed by atoms with Crippen molar-refractivity contribution in [1.29, 1.82) is 0 Å². The van der Waals surface area contributed by atoms with Gasteiger partial charge in [-0.2, -0.15) is 0 Å². The van der Waals surface area contributed by atoms with Crippen molar-refractivity contribution in [1.82, 2.24) is 0 Å². The number of anilines is 1. The molecule has 0 unspecified atom stereocenters. The molecule has 1 aromatic carbocycles. The van der Waals surface area contributed by atoms with Crippen LogP contribution in [0, 0.1) is 0 Å². The highest BCUT2D eigenvalue weighted by atomic mass is 16.7. The average Bonchev–Trinajstić information content (AvgIpc) is 2.37. The number of hydrogen-bond acceptors (Lipinski definition) is 5. The van der Waals surface area contributed by atoms with Crippen LogP contribution >= 0.6 is 0 Å². The Balaban J connectivity index is 2.91. The molecular formula is C12H17NO4. The van der Waals surface area contributed by atoms with Crippen molar-refractivity contribution >= 4 is 11.7 Å². The van der Waals surface area contributed by atoms with Crippen LogP contribution in [0.2, 0.25) is 0 Å². The molecule has 0 bridgehead atoms. The summed E-state index contributed by atoms with van der Waals surface area (Å²) in [5, 5.41) is 1.39. The third-order valence-electron chi connectivity index (χ3n) is 2.23. The van der Waals surface area contributed by atoms with Crippen molar-refractivity contribution in [2.75, 3.05) is 26.3 Å². The molecule has 0 fully saturated rings. The number of nitrogens with zero attached hydrogens (tertiary/aromatic N) is 1. The number of methoxy groups -OCH3 is 2. The number of benzene rings is 1. The molecule has 0 saturated carbocycles. The molecule has 0 aliphatic carbocycles. The van der Waals surface area contributed by atoms with Crippen molar-refractivity contribution in [2.45, 2.75) is 13.3 Å². The summed E-state index contributed by atoms with van der Waals surface area (Å²) in [5.74, 6) is 0.979. The summed E-state index contributed by atoms with van der Waals surface area (Å²) in [7, 11) is 4.79. The topological polar surface area (TPSA) is 48.0 Å². The van der Waals surface area contributed by atoms with E-state index in [1.807, 2.05) is 0 Å². The fraction of sp³-hybridized carbons (Fsp3) is 0.417. The predicted molar refractivity (Wildman–Crippen MR) is 64.3 cm³/mol. The predicted octanol–water partition coefficient (Wildman–Crippen LogP) is 2.01. The SMILES string of the molecule is CCC(=O)ON(C)c1cc(OC)cc(OC)c1. The second-order valence-electron chi connectivity index (χ2n) is 3.39. The number of carbonyl (C=O) groups is 1. The minimum atomic E-state index is -0.297. The molecule has 0 radical (unpaired) electrons. The van der Waals surface area contributed by atoms with E-state index in [0.717, 1.165) is 0 Å². The molecule has 0 saturated heterocycles. The summed E-state index contributed by atoms with van der Waals surface area (Å²) in [5.41, 5.74) is 0.683. The van der Waals surface area contributed by atoms with Crippen LogP contribution in [0.4, 0.5) is 5.69 Å². The molecule has 1 aromatic rings. The Kier molecular flexibility index (Phi) is 4.63. The minimum absolute atomic E-state index is 0.297. The molecule has 0 amide bonds. The van der Waals surface area contributed by atoms with Gasteiger partial charge in [0, 0.05) is 31.7 Å². The van der Waals surface area contributed by atoms with Gasteiger partial charge in [-0.1, -0.05) is 6.92 Å². The number of carbonyl (C=O) groups excluding carboxylic acids is 1. The van der Waals surface area contributed by atoms with Crippen LogP contribution in [-0.4, -0.2) is 27.2 Å². The summed E-state index contributed by atoms with van der Waals surface area (Å²) in [6.07, 6.45) is 0.325. The van der Waals surface area contributed by atoms with Crippen molar-refractivity contribution in [3.05, 3.63) is 18.2 Å². The molecule has 17 heavy (non-hydrogen) atoms. The molecule has 0 aromatic heterocycles. The summed E-state index contributed by atoms with van der Waals surface area (Å²) in [6.45, 7) is 1.74. The van der Waals surface area contributed by atoms with E-state index in [1.165, 1.54) is 5.06 Å². The first-order valence-corrected chi connectivity index (χ1v) is 5.28. The average molecular weight is 239 g/mol. The van der Waals surface area contributed by atoms with Crippen molar-refractivity contribution < 1.29 is 19.1 Å². The first-order chi connectivity index (χ1) is 8.10. The Bertz CT molecular complexity index is 370. The van der Waals surface area contributed by atoms with Crippen molar-refractivity contribution in [3.63, 3.8) is 0 Å². The van der Waals surface area contributed by atoms with Gasteiger partial charge in [-0.05, 0) is 0 Å². The number of hydroxylamine groups is 1. The van der Waals surface area contributed by atoms with Crippen LogP contribution in [0.5, 0.6) is 11.5 Å². The quantitative estimate of drug-likeness (QED) is 0.735. The second-order valence-corrected chi connectivity index (χ2v) is 3.39.